The maximum Gasteiger partial charge on any atom is 0.171 e. The van der Waals surface area contributed by atoms with Gasteiger partial charge >= 0.3 is 0 Å². The second kappa shape index (κ2) is 7.88. The average Bonchev–Trinajstić information content (AvgIpc) is 2.50. The van der Waals surface area contributed by atoms with Crippen LogP contribution in [0, 0.1) is 5.92 Å². The smallest absolute Gasteiger partial charge is 0.171 e. The maximum atomic E-state index is 6.17. The number of nitrogens with one attached hydrogen (secondary N) is 2. The van der Waals surface area contributed by atoms with Gasteiger partial charge in [0.1, 0.15) is 11.5 Å². The Hall–Kier alpha value is -1.20. The first-order chi connectivity index (χ1) is 10.5. The molecule has 2 N–H and O–H groups in total. The summed E-state index contributed by atoms with van der Waals surface area (Å²) in [6.07, 6.45) is 4.96. The van der Waals surface area contributed by atoms with Gasteiger partial charge in [-0.3, -0.25) is 0 Å². The molecule has 0 heterocycles. The zero-order chi connectivity index (χ0) is 16.1. The molecule has 1 saturated carbocycles. The summed E-state index contributed by atoms with van der Waals surface area (Å²) in [5, 5.41) is 7.69. The third-order valence-corrected chi connectivity index (χ3v) is 4.67. The van der Waals surface area contributed by atoms with Gasteiger partial charge < -0.3 is 20.1 Å². The van der Waals surface area contributed by atoms with Crippen LogP contribution in [0.2, 0.25) is 5.02 Å². The van der Waals surface area contributed by atoms with Gasteiger partial charge in [-0.2, -0.15) is 0 Å². The van der Waals surface area contributed by atoms with Crippen molar-refractivity contribution < 1.29 is 9.47 Å². The molecule has 22 heavy (non-hydrogen) atoms. The van der Waals surface area contributed by atoms with Crippen LogP contribution in [0.3, 0.4) is 0 Å². The van der Waals surface area contributed by atoms with Crippen molar-refractivity contribution in [2.45, 2.75) is 38.6 Å². The molecule has 0 amide bonds. The summed E-state index contributed by atoms with van der Waals surface area (Å²) in [7, 11) is 3.18. The van der Waals surface area contributed by atoms with Gasteiger partial charge in [0.2, 0.25) is 0 Å². The number of thiocarbonyl (C=S) groups is 1. The first kappa shape index (κ1) is 17.2. The zero-order valence-electron chi connectivity index (χ0n) is 13.2. The first-order valence-corrected chi connectivity index (χ1v) is 8.32. The monoisotopic (exact) mass is 342 g/mol. The van der Waals surface area contributed by atoms with Gasteiger partial charge in [-0.1, -0.05) is 31.4 Å². The van der Waals surface area contributed by atoms with Crippen molar-refractivity contribution in [3.05, 3.63) is 17.2 Å². The van der Waals surface area contributed by atoms with Crippen molar-refractivity contribution in [1.82, 2.24) is 5.32 Å². The lowest BCUT2D eigenvalue weighted by atomic mass is 9.86. The van der Waals surface area contributed by atoms with E-state index >= 15 is 0 Å². The van der Waals surface area contributed by atoms with Crippen LogP contribution in [0.5, 0.6) is 11.5 Å². The van der Waals surface area contributed by atoms with Crippen molar-refractivity contribution in [1.29, 1.82) is 0 Å². The fourth-order valence-electron chi connectivity index (χ4n) is 2.82. The summed E-state index contributed by atoms with van der Waals surface area (Å²) < 4.78 is 10.6. The van der Waals surface area contributed by atoms with Crippen LogP contribution in [0.1, 0.15) is 32.6 Å². The summed E-state index contributed by atoms with van der Waals surface area (Å²) in [5.74, 6) is 1.85. The van der Waals surface area contributed by atoms with Crippen LogP contribution in [-0.2, 0) is 0 Å². The van der Waals surface area contributed by atoms with Gasteiger partial charge in [-0.25, -0.2) is 0 Å². The second-order valence-corrected chi connectivity index (χ2v) is 6.47. The maximum absolute atomic E-state index is 6.17. The van der Waals surface area contributed by atoms with Crippen molar-refractivity contribution in [2.75, 3.05) is 19.5 Å². The number of anilines is 1. The van der Waals surface area contributed by atoms with E-state index in [1.54, 1.807) is 26.4 Å². The van der Waals surface area contributed by atoms with Crippen LogP contribution < -0.4 is 20.1 Å². The Morgan fingerprint density at radius 2 is 1.86 bits per heavy atom. The lowest BCUT2D eigenvalue weighted by molar-refractivity contribution is 0.309. The molecule has 1 aromatic rings. The molecule has 0 bridgehead atoms. The predicted octanol–water partition coefficient (Wildman–Crippen LogP) is 4.22. The van der Waals surface area contributed by atoms with Gasteiger partial charge in [0.05, 0.1) is 24.9 Å². The summed E-state index contributed by atoms with van der Waals surface area (Å²) >= 11 is 11.6. The van der Waals surface area contributed by atoms with E-state index in [2.05, 4.69) is 17.6 Å². The average molecular weight is 343 g/mol. The first-order valence-electron chi connectivity index (χ1n) is 7.54. The number of benzene rings is 1. The van der Waals surface area contributed by atoms with Crippen LogP contribution in [-0.4, -0.2) is 25.4 Å². The second-order valence-electron chi connectivity index (χ2n) is 5.65. The Morgan fingerprint density at radius 3 is 2.50 bits per heavy atom. The van der Waals surface area contributed by atoms with E-state index in [-0.39, 0.29) is 0 Å². The van der Waals surface area contributed by atoms with Crippen molar-refractivity contribution in [3.63, 3.8) is 0 Å². The lowest BCUT2D eigenvalue weighted by Crippen LogP contribution is -2.43. The molecule has 0 aliphatic heterocycles. The number of methoxy groups -OCH3 is 2. The number of ether oxygens (including phenoxy) is 2. The van der Waals surface area contributed by atoms with Crippen molar-refractivity contribution in [2.24, 2.45) is 5.92 Å². The van der Waals surface area contributed by atoms with Crippen molar-refractivity contribution in [3.8, 4) is 11.5 Å². The van der Waals surface area contributed by atoms with Gasteiger partial charge in [0.25, 0.3) is 0 Å². The molecule has 6 heteroatoms. The molecule has 1 aliphatic rings. The summed E-state index contributed by atoms with van der Waals surface area (Å²) in [5.41, 5.74) is 0.731. The largest absolute Gasteiger partial charge is 0.495 e. The molecule has 1 aliphatic carbocycles. The molecule has 0 aromatic heterocycles. The van der Waals surface area contributed by atoms with Crippen molar-refractivity contribution >= 4 is 34.6 Å². The van der Waals surface area contributed by atoms with E-state index in [0.29, 0.717) is 33.6 Å². The van der Waals surface area contributed by atoms with E-state index in [9.17, 15) is 0 Å². The van der Waals surface area contributed by atoms with Crippen LogP contribution >= 0.6 is 23.8 Å². The molecule has 0 spiro atoms. The van der Waals surface area contributed by atoms with Gasteiger partial charge in [-0.15, -0.1) is 0 Å². The molecule has 1 fully saturated rings. The SMILES string of the molecule is COc1cc(OC)c(NC(=S)N[C@H]2CCCC[C@H]2C)cc1Cl. The molecule has 4 nitrogen and oxygen atoms in total. The Labute approximate surface area is 142 Å². The number of rotatable bonds is 4. The predicted molar refractivity (Wildman–Crippen MR) is 95.3 cm³/mol. The summed E-state index contributed by atoms with van der Waals surface area (Å²) in [6.45, 7) is 2.27. The Bertz CT molecular complexity index is 539. The minimum atomic E-state index is 0.425. The van der Waals surface area contributed by atoms with E-state index in [1.807, 2.05) is 0 Å². The zero-order valence-corrected chi connectivity index (χ0v) is 14.8. The molecule has 0 saturated heterocycles. The number of halogens is 1. The van der Waals surface area contributed by atoms with E-state index in [1.165, 1.54) is 19.3 Å². The minimum absolute atomic E-state index is 0.425. The van der Waals surface area contributed by atoms with Crippen LogP contribution in [0.15, 0.2) is 12.1 Å². The molecular weight excluding hydrogens is 320 g/mol. The molecule has 1 aromatic carbocycles. The highest BCUT2D eigenvalue weighted by Gasteiger charge is 2.22. The van der Waals surface area contributed by atoms with E-state index in [4.69, 9.17) is 33.3 Å². The van der Waals surface area contributed by atoms with E-state index < -0.39 is 0 Å². The number of hydrogen-bond acceptors (Lipinski definition) is 3. The molecule has 0 unspecified atom stereocenters. The molecule has 122 valence electrons. The molecular formula is C16H23ClN2O2S. The Balaban J connectivity index is 2.06. The van der Waals surface area contributed by atoms with E-state index in [0.717, 1.165) is 12.1 Å². The highest BCUT2D eigenvalue weighted by molar-refractivity contribution is 7.80. The minimum Gasteiger partial charge on any atom is -0.495 e. The van der Waals surface area contributed by atoms with Gasteiger partial charge in [-0.05, 0) is 37.0 Å². The number of hydrogen-bond donors (Lipinski definition) is 2. The third kappa shape index (κ3) is 4.17. The Kier molecular flexibility index (Phi) is 6.15. The highest BCUT2D eigenvalue weighted by Crippen LogP contribution is 2.36. The topological polar surface area (TPSA) is 42.5 Å². The summed E-state index contributed by atoms with van der Waals surface area (Å²) in [6, 6.07) is 3.93. The molecule has 2 rings (SSSR count). The quantitative estimate of drug-likeness (QED) is 0.802. The third-order valence-electron chi connectivity index (χ3n) is 4.15. The fraction of sp³-hybridized carbons (Fsp3) is 0.562. The van der Waals surface area contributed by atoms with Gasteiger partial charge in [0, 0.05) is 12.1 Å². The molecule has 0 radical (unpaired) electrons. The standard InChI is InChI=1S/C16H23ClN2O2S/c1-10-6-4-5-7-12(10)18-16(22)19-13-8-11(17)14(20-2)9-15(13)21-3/h8-10,12H,4-7H2,1-3H3,(H2,18,19,22)/t10-,12+/m1/s1. The van der Waals surface area contributed by atoms with Gasteiger partial charge in [0.15, 0.2) is 5.11 Å². The highest BCUT2D eigenvalue weighted by atomic mass is 35.5. The van der Waals surface area contributed by atoms with Crippen LogP contribution in [0.4, 0.5) is 5.69 Å². The summed E-state index contributed by atoms with van der Waals surface area (Å²) in [4.78, 5) is 0. The Morgan fingerprint density at radius 1 is 1.18 bits per heavy atom. The van der Waals surface area contributed by atoms with Crippen LogP contribution in [0.25, 0.3) is 0 Å². The lowest BCUT2D eigenvalue weighted by Gasteiger charge is -2.30. The normalized spacial score (nSPS) is 21.1. The molecule has 2 atom stereocenters. The fourth-order valence-corrected chi connectivity index (χ4v) is 3.32.